The third-order valence-corrected chi connectivity index (χ3v) is 9.06. The van der Waals surface area contributed by atoms with Crippen molar-refractivity contribution in [2.45, 2.75) is 16.1 Å². The number of likely N-dealkylation sites (tertiary alicyclic amines) is 1. The molecule has 29 heavy (non-hydrogen) atoms. The van der Waals surface area contributed by atoms with E-state index in [1.54, 1.807) is 0 Å². The summed E-state index contributed by atoms with van der Waals surface area (Å²) in [6.45, 7) is -1.08. The van der Waals surface area contributed by atoms with E-state index >= 15 is 0 Å². The molecule has 1 aromatic rings. The molecule has 0 spiro atoms. The number of carbonyl (C=O) groups is 4. The first kappa shape index (κ1) is 20.5. The highest BCUT2D eigenvalue weighted by Gasteiger charge is 2.66. The molecule has 1 aliphatic heterocycles. The summed E-state index contributed by atoms with van der Waals surface area (Å²) in [5.74, 6) is -3.25. The molecule has 4 rings (SSSR count). The van der Waals surface area contributed by atoms with Crippen molar-refractivity contribution in [2.75, 3.05) is 18.5 Å². The van der Waals surface area contributed by atoms with Gasteiger partial charge in [0.1, 0.15) is 12.4 Å². The summed E-state index contributed by atoms with van der Waals surface area (Å²) in [6.07, 6.45) is 0.806. The summed E-state index contributed by atoms with van der Waals surface area (Å²) < 4.78 is 17.8. The Bertz CT molecular complexity index is 848. The maximum atomic E-state index is 12.9. The molecule has 3 amide bonds. The smallest absolute Gasteiger partial charge is 0.326 e. The molecule has 3 fully saturated rings. The van der Waals surface area contributed by atoms with Crippen LogP contribution in [0.5, 0.6) is 0 Å². The van der Waals surface area contributed by atoms with Crippen LogP contribution in [0.15, 0.2) is 24.3 Å². The minimum Gasteiger partial charge on any atom is -0.454 e. The lowest BCUT2D eigenvalue weighted by atomic mass is 9.81. The average molecular weight is 532 g/mol. The standard InChI is InChI=1S/C19H17Br2FN2O5/c20-16-10-5-11(17(16)21)15-14(10)18(27)24(19(15)28)6-13(26)29-7-12(25)23-9-3-1-8(22)2-4-9/h1-4,10-11,14-17H,5-7H2,(H,23,25)/t10-,11-,14-,15-,16-,17+/m1/s1. The van der Waals surface area contributed by atoms with Crippen LogP contribution in [0.2, 0.25) is 0 Å². The van der Waals surface area contributed by atoms with Gasteiger partial charge in [-0.15, -0.1) is 0 Å². The van der Waals surface area contributed by atoms with Crippen molar-refractivity contribution in [1.82, 2.24) is 4.90 Å². The molecule has 0 aromatic heterocycles. The first-order chi connectivity index (χ1) is 13.8. The number of hydrogen-bond donors (Lipinski definition) is 1. The molecule has 2 saturated carbocycles. The first-order valence-corrected chi connectivity index (χ1v) is 11.0. The number of nitrogens with one attached hydrogen (secondary N) is 1. The van der Waals surface area contributed by atoms with Crippen LogP contribution in [0.25, 0.3) is 0 Å². The highest BCUT2D eigenvalue weighted by molar-refractivity contribution is 9.12. The van der Waals surface area contributed by atoms with Crippen LogP contribution >= 0.6 is 31.9 Å². The van der Waals surface area contributed by atoms with Gasteiger partial charge in [-0.05, 0) is 42.5 Å². The Kier molecular flexibility index (Phi) is 5.50. The Balaban J connectivity index is 1.31. The largest absolute Gasteiger partial charge is 0.454 e. The van der Waals surface area contributed by atoms with Crippen LogP contribution in [-0.2, 0) is 23.9 Å². The number of anilines is 1. The van der Waals surface area contributed by atoms with Crippen LogP contribution in [-0.4, -0.2) is 51.4 Å². The van der Waals surface area contributed by atoms with E-state index in [0.717, 1.165) is 11.3 Å². The molecule has 154 valence electrons. The summed E-state index contributed by atoms with van der Waals surface area (Å²) in [7, 11) is 0. The Morgan fingerprint density at radius 1 is 1.07 bits per heavy atom. The molecule has 1 heterocycles. The fraction of sp³-hybridized carbons (Fsp3) is 0.474. The van der Waals surface area contributed by atoms with E-state index in [1.165, 1.54) is 24.3 Å². The fourth-order valence-electron chi connectivity index (χ4n) is 4.62. The topological polar surface area (TPSA) is 92.8 Å². The zero-order chi connectivity index (χ0) is 20.9. The van der Waals surface area contributed by atoms with Crippen LogP contribution in [0.1, 0.15) is 6.42 Å². The minimum atomic E-state index is -0.834. The molecule has 3 aliphatic rings. The molecule has 2 aliphatic carbocycles. The van der Waals surface area contributed by atoms with Gasteiger partial charge in [0.15, 0.2) is 6.61 Å². The Morgan fingerprint density at radius 2 is 1.62 bits per heavy atom. The zero-order valence-corrected chi connectivity index (χ0v) is 18.2. The van der Waals surface area contributed by atoms with Crippen LogP contribution in [0.3, 0.4) is 0 Å². The maximum absolute atomic E-state index is 12.9. The number of halogens is 3. The van der Waals surface area contributed by atoms with Gasteiger partial charge in [0.05, 0.1) is 11.8 Å². The van der Waals surface area contributed by atoms with Gasteiger partial charge in [0.25, 0.3) is 5.91 Å². The lowest BCUT2D eigenvalue weighted by Gasteiger charge is -2.28. The number of carbonyl (C=O) groups excluding carboxylic acids is 4. The van der Waals surface area contributed by atoms with Gasteiger partial charge in [-0.25, -0.2) is 4.39 Å². The normalized spacial score (nSPS) is 32.4. The van der Waals surface area contributed by atoms with Crippen LogP contribution in [0.4, 0.5) is 10.1 Å². The van der Waals surface area contributed by atoms with E-state index in [0.29, 0.717) is 5.69 Å². The Labute approximate surface area is 182 Å². The fourth-order valence-corrected chi connectivity index (χ4v) is 6.49. The van der Waals surface area contributed by atoms with Crippen molar-refractivity contribution >= 4 is 61.2 Å². The number of ether oxygens (including phenoxy) is 1. The molecule has 1 saturated heterocycles. The minimum absolute atomic E-state index is 0.0633. The summed E-state index contributed by atoms with van der Waals surface area (Å²) >= 11 is 7.20. The zero-order valence-electron chi connectivity index (χ0n) is 15.0. The Morgan fingerprint density at radius 3 is 2.17 bits per heavy atom. The number of esters is 1. The van der Waals surface area contributed by atoms with E-state index in [1.807, 2.05) is 0 Å². The van der Waals surface area contributed by atoms with Crippen molar-refractivity contribution in [3.63, 3.8) is 0 Å². The van der Waals surface area contributed by atoms with E-state index in [2.05, 4.69) is 37.2 Å². The van der Waals surface area contributed by atoms with Gasteiger partial charge >= 0.3 is 5.97 Å². The number of imide groups is 1. The van der Waals surface area contributed by atoms with Gasteiger partial charge in [0.2, 0.25) is 11.8 Å². The number of nitrogens with zero attached hydrogens (tertiary/aromatic N) is 1. The summed E-state index contributed by atoms with van der Waals surface area (Å²) in [6, 6.07) is 5.12. The second-order valence-corrected chi connectivity index (χ2v) is 9.60. The second kappa shape index (κ2) is 7.79. The second-order valence-electron chi connectivity index (χ2n) is 7.48. The average Bonchev–Trinajstić information content (AvgIpc) is 3.29. The summed E-state index contributed by atoms with van der Waals surface area (Å²) in [5.41, 5.74) is 0.356. The number of hydrogen-bond acceptors (Lipinski definition) is 5. The lowest BCUT2D eigenvalue weighted by Crippen LogP contribution is -2.38. The summed E-state index contributed by atoms with van der Waals surface area (Å²) in [5, 5.41) is 2.46. The predicted molar refractivity (Wildman–Crippen MR) is 107 cm³/mol. The molecule has 0 unspecified atom stereocenters. The van der Waals surface area contributed by atoms with Gasteiger partial charge in [-0.1, -0.05) is 31.9 Å². The first-order valence-electron chi connectivity index (χ1n) is 9.12. The van der Waals surface area contributed by atoms with Crippen molar-refractivity contribution in [3.8, 4) is 0 Å². The lowest BCUT2D eigenvalue weighted by molar-refractivity contribution is -0.154. The van der Waals surface area contributed by atoms with Gasteiger partial charge in [-0.3, -0.25) is 24.1 Å². The van der Waals surface area contributed by atoms with Gasteiger partial charge < -0.3 is 10.1 Å². The van der Waals surface area contributed by atoms with Crippen molar-refractivity contribution < 1.29 is 28.3 Å². The van der Waals surface area contributed by atoms with Crippen molar-refractivity contribution in [2.24, 2.45) is 23.7 Å². The SMILES string of the molecule is O=C(COC(=O)CN1C(=O)[C@@H]2[C@H]3C[C@@H]([C@@H](Br)[C@H]3Br)[C@H]2C1=O)Nc1ccc(F)cc1. The number of alkyl halides is 2. The molecule has 1 aromatic carbocycles. The molecule has 7 nitrogen and oxygen atoms in total. The molecule has 0 radical (unpaired) electrons. The highest BCUT2D eigenvalue weighted by Crippen LogP contribution is 2.60. The number of benzene rings is 1. The van der Waals surface area contributed by atoms with Crippen molar-refractivity contribution in [3.05, 3.63) is 30.1 Å². The van der Waals surface area contributed by atoms with E-state index in [9.17, 15) is 23.6 Å². The third-order valence-electron chi connectivity index (χ3n) is 5.86. The molecule has 10 heteroatoms. The van der Waals surface area contributed by atoms with E-state index < -0.39 is 42.7 Å². The van der Waals surface area contributed by atoms with Gasteiger partial charge in [-0.2, -0.15) is 0 Å². The van der Waals surface area contributed by atoms with Crippen LogP contribution < -0.4 is 5.32 Å². The molecule has 1 N–H and O–H groups in total. The van der Waals surface area contributed by atoms with Gasteiger partial charge in [0, 0.05) is 15.3 Å². The predicted octanol–water partition coefficient (Wildman–Crippen LogP) is 2.09. The third kappa shape index (κ3) is 3.61. The number of fused-ring (bicyclic) bond motifs is 5. The highest BCUT2D eigenvalue weighted by atomic mass is 79.9. The van der Waals surface area contributed by atoms with Crippen LogP contribution in [0, 0.1) is 29.5 Å². The monoisotopic (exact) mass is 530 g/mol. The molecular formula is C19H17Br2FN2O5. The molecular weight excluding hydrogens is 515 g/mol. The van der Waals surface area contributed by atoms with E-state index in [-0.39, 0.29) is 33.3 Å². The quantitative estimate of drug-likeness (QED) is 0.357. The number of amides is 3. The molecule has 2 bridgehead atoms. The molecule has 6 atom stereocenters. The summed E-state index contributed by atoms with van der Waals surface area (Å²) in [4.78, 5) is 50.6. The maximum Gasteiger partial charge on any atom is 0.326 e. The Hall–Kier alpha value is -1.81. The van der Waals surface area contributed by atoms with Crippen molar-refractivity contribution in [1.29, 1.82) is 0 Å². The number of rotatable bonds is 5. The van der Waals surface area contributed by atoms with E-state index in [4.69, 9.17) is 4.74 Å².